The Labute approximate surface area is 305 Å². The van der Waals surface area contributed by atoms with Gasteiger partial charge in [0, 0.05) is 32.2 Å². The second-order valence-electron chi connectivity index (χ2n) is 16.7. The summed E-state index contributed by atoms with van der Waals surface area (Å²) in [5.41, 5.74) is 0.767. The summed E-state index contributed by atoms with van der Waals surface area (Å²) in [5.74, 6) is 5.09. The normalized spacial score (nSPS) is 39.8. The zero-order chi connectivity index (χ0) is 32.1. The van der Waals surface area contributed by atoms with Crippen molar-refractivity contribution in [3.8, 4) is 0 Å². The molecule has 0 aromatic rings. The lowest BCUT2D eigenvalue weighted by Crippen LogP contribution is -2.64. The van der Waals surface area contributed by atoms with Crippen molar-refractivity contribution in [2.24, 2.45) is 46.3 Å². The Bertz CT molecular complexity index is 913. The lowest BCUT2D eigenvalue weighted by atomic mass is 9.44. The number of hydrogen-bond donors (Lipinski definition) is 0. The van der Waals surface area contributed by atoms with Crippen LogP contribution in [-0.2, 0) is 9.53 Å². The first-order valence-electron chi connectivity index (χ1n) is 18.6. The van der Waals surface area contributed by atoms with Crippen LogP contribution in [0.3, 0.4) is 0 Å². The van der Waals surface area contributed by atoms with E-state index in [4.69, 9.17) is 4.74 Å². The minimum absolute atomic E-state index is 0.00318. The van der Waals surface area contributed by atoms with Crippen LogP contribution in [0.4, 0.5) is 0 Å². The molecule has 0 spiro atoms. The lowest BCUT2D eigenvalue weighted by molar-refractivity contribution is -0.158. The first kappa shape index (κ1) is 38.2. The summed E-state index contributed by atoms with van der Waals surface area (Å²) in [6.45, 7) is 12.6. The molecule has 256 valence electrons. The highest BCUT2D eigenvalue weighted by molar-refractivity contribution is 9.12. The molecule has 4 aliphatic carbocycles. The van der Waals surface area contributed by atoms with Crippen LogP contribution in [-0.4, -0.2) is 31.4 Å². The Morgan fingerprint density at radius 3 is 2.27 bits per heavy atom. The number of unbranched alkanes of at least 4 members (excludes halogenated alkanes) is 5. The molecule has 0 heterocycles. The summed E-state index contributed by atoms with van der Waals surface area (Å²) < 4.78 is 6.20. The fraction of sp³-hybridized carbons (Fsp3) is 0.974. The molecule has 0 radical (unpaired) electrons. The van der Waals surface area contributed by atoms with Gasteiger partial charge in [-0.1, -0.05) is 150 Å². The van der Waals surface area contributed by atoms with Crippen molar-refractivity contribution in [2.45, 2.75) is 177 Å². The third kappa shape index (κ3) is 8.57. The van der Waals surface area contributed by atoms with Crippen LogP contribution >= 0.6 is 63.7 Å². The van der Waals surface area contributed by atoms with Gasteiger partial charge in [0.15, 0.2) is 0 Å². The molecule has 4 rings (SSSR count). The van der Waals surface area contributed by atoms with E-state index in [0.29, 0.717) is 21.5 Å². The number of hydrogen-bond acceptors (Lipinski definition) is 2. The molecule has 4 fully saturated rings. The van der Waals surface area contributed by atoms with Crippen molar-refractivity contribution in [2.75, 3.05) is 5.33 Å². The van der Waals surface area contributed by atoms with Crippen molar-refractivity contribution in [3.05, 3.63) is 0 Å². The van der Waals surface area contributed by atoms with Crippen molar-refractivity contribution >= 4 is 69.7 Å². The third-order valence-electron chi connectivity index (χ3n) is 13.5. The van der Waals surface area contributed by atoms with Gasteiger partial charge in [0.05, 0.1) is 0 Å². The van der Waals surface area contributed by atoms with Gasteiger partial charge in [-0.15, -0.1) is 0 Å². The Balaban J connectivity index is 1.27. The molecule has 1 unspecified atom stereocenters. The highest BCUT2D eigenvalue weighted by atomic mass is 79.9. The SMILES string of the molecule is CC(C)CCC[C@@H](C)[C@H]1CC[C@H]2[C@@H]3C[C@@H](Br)[C@@]4(Br)C[C@@H](OC(=O)CCCCCCCCC(Br)CBr)CC[C@]4(C)[C@H]3CC[C@]12C. The van der Waals surface area contributed by atoms with Gasteiger partial charge in [-0.3, -0.25) is 4.79 Å². The quantitative estimate of drug-likeness (QED) is 0.0877. The van der Waals surface area contributed by atoms with E-state index < -0.39 is 0 Å². The van der Waals surface area contributed by atoms with Crippen molar-refractivity contribution in [3.63, 3.8) is 0 Å². The predicted molar refractivity (Wildman–Crippen MR) is 203 cm³/mol. The number of fused-ring (bicyclic) bond motifs is 5. The topological polar surface area (TPSA) is 26.3 Å². The van der Waals surface area contributed by atoms with Crippen molar-refractivity contribution in [1.82, 2.24) is 0 Å². The average Bonchev–Trinajstić information content (AvgIpc) is 3.33. The molecule has 11 atom stereocenters. The van der Waals surface area contributed by atoms with Crippen LogP contribution < -0.4 is 0 Å². The van der Waals surface area contributed by atoms with Crippen molar-refractivity contribution in [1.29, 1.82) is 0 Å². The molecular formula is C38H64Br4O2. The fourth-order valence-corrected chi connectivity index (χ4v) is 13.8. The maximum Gasteiger partial charge on any atom is 0.306 e. The van der Waals surface area contributed by atoms with Crippen LogP contribution in [0.2, 0.25) is 0 Å². The Kier molecular flexibility index (Phi) is 14.6. The van der Waals surface area contributed by atoms with E-state index in [2.05, 4.69) is 98.3 Å². The van der Waals surface area contributed by atoms with Crippen molar-refractivity contribution < 1.29 is 9.53 Å². The predicted octanol–water partition coefficient (Wildman–Crippen LogP) is 13.2. The Morgan fingerprint density at radius 2 is 1.57 bits per heavy atom. The highest BCUT2D eigenvalue weighted by Gasteiger charge is 2.67. The molecule has 0 bridgehead atoms. The average molecular weight is 873 g/mol. The number of esters is 1. The Morgan fingerprint density at radius 1 is 0.864 bits per heavy atom. The largest absolute Gasteiger partial charge is 0.462 e. The van der Waals surface area contributed by atoms with Crippen LogP contribution in [0.5, 0.6) is 0 Å². The molecule has 0 aliphatic heterocycles. The summed E-state index contributed by atoms with van der Waals surface area (Å²) in [6.07, 6.45) is 23.4. The number of ether oxygens (including phenoxy) is 1. The van der Waals surface area contributed by atoms with Gasteiger partial charge >= 0.3 is 5.97 Å². The molecule has 4 saturated carbocycles. The minimum atomic E-state index is 0.00318. The minimum Gasteiger partial charge on any atom is -0.462 e. The van der Waals surface area contributed by atoms with Crippen LogP contribution in [0.1, 0.15) is 157 Å². The highest BCUT2D eigenvalue weighted by Crippen LogP contribution is 2.71. The first-order valence-corrected chi connectivity index (χ1v) is 22.3. The second kappa shape index (κ2) is 16.9. The molecule has 4 aliphatic rings. The molecule has 0 saturated heterocycles. The van der Waals surface area contributed by atoms with E-state index in [9.17, 15) is 4.79 Å². The first-order chi connectivity index (χ1) is 20.9. The monoisotopic (exact) mass is 868 g/mol. The molecular weight excluding hydrogens is 808 g/mol. The number of halogens is 4. The van der Waals surface area contributed by atoms with Gasteiger partial charge in [0.2, 0.25) is 0 Å². The summed E-state index contributed by atoms with van der Waals surface area (Å²) in [7, 11) is 0. The van der Waals surface area contributed by atoms with E-state index in [-0.39, 0.29) is 21.8 Å². The maximum absolute atomic E-state index is 12.9. The zero-order valence-electron chi connectivity index (χ0n) is 28.7. The second-order valence-corrected chi connectivity index (χ2v) is 21.1. The number of alkyl halides is 4. The van der Waals surface area contributed by atoms with Gasteiger partial charge in [0.1, 0.15) is 6.10 Å². The number of carbonyl (C=O) groups is 1. The summed E-state index contributed by atoms with van der Waals surface area (Å²) >= 11 is 15.9. The van der Waals surface area contributed by atoms with Gasteiger partial charge in [-0.2, -0.15) is 0 Å². The van der Waals surface area contributed by atoms with E-state index in [1.807, 2.05) is 0 Å². The molecule has 0 aromatic heterocycles. The smallest absolute Gasteiger partial charge is 0.306 e. The summed E-state index contributed by atoms with van der Waals surface area (Å²) in [5, 5.41) is 1.03. The van der Waals surface area contributed by atoms with E-state index in [0.717, 1.165) is 66.5 Å². The van der Waals surface area contributed by atoms with E-state index >= 15 is 0 Å². The van der Waals surface area contributed by atoms with Crippen LogP contribution in [0, 0.1) is 46.3 Å². The van der Waals surface area contributed by atoms with Crippen LogP contribution in [0.25, 0.3) is 0 Å². The molecule has 0 amide bonds. The summed E-state index contributed by atoms with van der Waals surface area (Å²) in [4.78, 5) is 13.9. The fourth-order valence-electron chi connectivity index (χ4n) is 10.9. The molecule has 0 aromatic carbocycles. The standard InChI is InChI=1S/C38H64Br4O2/c1-26(2)13-12-14-27(3)31-17-18-32-30-23-34(41)38(42)24-29(19-22-37(38,5)33(30)20-21-36(31,32)4)44-35(43)16-11-9-7-6-8-10-15-28(40)25-39/h26-34H,6-25H2,1-5H3/t27-,28?,29+,30+,31-,32+,33+,34-,36-,37-,38+/m1/s1. The lowest BCUT2D eigenvalue weighted by Gasteiger charge is -2.66. The van der Waals surface area contributed by atoms with Gasteiger partial charge in [-0.05, 0) is 104 Å². The third-order valence-corrected chi connectivity index (χ3v) is 19.5. The summed E-state index contributed by atoms with van der Waals surface area (Å²) in [6, 6.07) is 0. The van der Waals surface area contributed by atoms with Gasteiger partial charge in [-0.25, -0.2) is 0 Å². The zero-order valence-corrected chi connectivity index (χ0v) is 35.0. The van der Waals surface area contributed by atoms with Gasteiger partial charge in [0.25, 0.3) is 0 Å². The van der Waals surface area contributed by atoms with Gasteiger partial charge < -0.3 is 4.74 Å². The molecule has 2 nitrogen and oxygen atoms in total. The molecule has 6 heteroatoms. The van der Waals surface area contributed by atoms with E-state index in [1.165, 1.54) is 89.9 Å². The number of rotatable bonds is 16. The Hall–Kier alpha value is 1.39. The van der Waals surface area contributed by atoms with Crippen LogP contribution in [0.15, 0.2) is 0 Å². The molecule has 0 N–H and O–H groups in total. The van der Waals surface area contributed by atoms with E-state index in [1.54, 1.807) is 0 Å². The number of carbonyl (C=O) groups excluding carboxylic acids is 1. The maximum atomic E-state index is 12.9. The molecule has 44 heavy (non-hydrogen) atoms.